The lowest BCUT2D eigenvalue weighted by Gasteiger charge is -2.16. The molecule has 2 aromatic carbocycles. The number of benzene rings is 2. The van der Waals surface area contributed by atoms with E-state index in [2.05, 4.69) is 25.3 Å². The van der Waals surface area contributed by atoms with Crippen LogP contribution in [-0.2, 0) is 20.9 Å². The summed E-state index contributed by atoms with van der Waals surface area (Å²) in [6.07, 6.45) is -6.03. The summed E-state index contributed by atoms with van der Waals surface area (Å²) >= 11 is 0. The predicted molar refractivity (Wildman–Crippen MR) is 131 cm³/mol. The highest BCUT2D eigenvalue weighted by Crippen LogP contribution is 2.38. The van der Waals surface area contributed by atoms with E-state index >= 15 is 0 Å². The van der Waals surface area contributed by atoms with Crippen molar-refractivity contribution in [3.05, 3.63) is 59.9 Å². The van der Waals surface area contributed by atoms with Crippen LogP contribution in [0.2, 0.25) is 0 Å². The molecular weight excluding hydrogens is 567 g/mol. The maximum Gasteiger partial charge on any atom is 0.453 e. The Kier molecular flexibility index (Phi) is 7.77. The molecule has 0 saturated heterocycles. The number of ether oxygens (including phenoxy) is 2. The summed E-state index contributed by atoms with van der Waals surface area (Å²) in [6, 6.07) is 7.19. The Hall–Kier alpha value is -4.54. The molecule has 2 N–H and O–H groups in total. The van der Waals surface area contributed by atoms with Crippen LogP contribution in [0.15, 0.2) is 42.5 Å². The third-order valence-corrected chi connectivity index (χ3v) is 6.47. The molecule has 0 saturated carbocycles. The topological polar surface area (TPSA) is 137 Å². The molecule has 4 rings (SSSR count). The van der Waals surface area contributed by atoms with Gasteiger partial charge in [-0.1, -0.05) is 0 Å². The minimum absolute atomic E-state index is 0.0367. The molecule has 0 aliphatic heterocycles. The van der Waals surface area contributed by atoms with Crippen LogP contribution >= 0.6 is 0 Å². The second kappa shape index (κ2) is 10.9. The van der Waals surface area contributed by atoms with Crippen molar-refractivity contribution in [2.45, 2.75) is 20.0 Å². The zero-order chi connectivity index (χ0) is 29.2. The third kappa shape index (κ3) is 6.19. The standard InChI is InChI=1S/C23H19F5N6O5S/c1-3-38-22(35)29-17-11-16(32-34-20(17)30-31-21(34)23(26,27)28)14-10-13(33-40(36,37)4-2)6-8-18(14)39-19-7-5-12(24)9-15(19)25/h5-11,33H,3-4H2,1-2H3,(H,29,35). The van der Waals surface area contributed by atoms with Crippen LogP contribution in [-0.4, -0.2) is 46.7 Å². The minimum atomic E-state index is -5.01. The number of anilines is 2. The van der Waals surface area contributed by atoms with Crippen LogP contribution in [0.25, 0.3) is 16.9 Å². The number of carbonyl (C=O) groups is 1. The van der Waals surface area contributed by atoms with Gasteiger partial charge in [-0.05, 0) is 50.2 Å². The number of carbonyl (C=O) groups excluding carboxylic acids is 1. The first-order valence-corrected chi connectivity index (χ1v) is 13.0. The van der Waals surface area contributed by atoms with Gasteiger partial charge in [0.05, 0.1) is 23.7 Å². The number of aromatic nitrogens is 4. The van der Waals surface area contributed by atoms with E-state index in [1.165, 1.54) is 32.0 Å². The van der Waals surface area contributed by atoms with Crippen LogP contribution in [0.1, 0.15) is 19.7 Å². The van der Waals surface area contributed by atoms with Crippen molar-refractivity contribution in [3.63, 3.8) is 0 Å². The lowest BCUT2D eigenvalue weighted by molar-refractivity contribution is -0.146. The Morgan fingerprint density at radius 3 is 2.40 bits per heavy atom. The number of rotatable bonds is 8. The maximum absolute atomic E-state index is 14.4. The largest absolute Gasteiger partial charge is 0.454 e. The summed E-state index contributed by atoms with van der Waals surface area (Å²) in [5, 5.41) is 12.8. The van der Waals surface area contributed by atoms with E-state index in [1.807, 2.05) is 0 Å². The van der Waals surface area contributed by atoms with E-state index in [0.717, 1.165) is 18.2 Å². The summed E-state index contributed by atoms with van der Waals surface area (Å²) < 4.78 is 106. The molecule has 40 heavy (non-hydrogen) atoms. The highest BCUT2D eigenvalue weighted by molar-refractivity contribution is 7.92. The molecule has 0 radical (unpaired) electrons. The quantitative estimate of drug-likeness (QED) is 0.269. The molecule has 1 amide bonds. The van der Waals surface area contributed by atoms with Gasteiger partial charge in [0.25, 0.3) is 5.82 Å². The number of nitrogens with one attached hydrogen (secondary N) is 2. The number of halogens is 5. The molecule has 0 bridgehead atoms. The molecule has 0 aliphatic rings. The van der Waals surface area contributed by atoms with Gasteiger partial charge < -0.3 is 9.47 Å². The fraction of sp³-hybridized carbons (Fsp3) is 0.217. The molecule has 212 valence electrons. The first-order chi connectivity index (χ1) is 18.8. The zero-order valence-corrected chi connectivity index (χ0v) is 21.4. The number of fused-ring (bicyclic) bond motifs is 1. The summed E-state index contributed by atoms with van der Waals surface area (Å²) in [4.78, 5) is 12.1. The lowest BCUT2D eigenvalue weighted by atomic mass is 10.1. The highest BCUT2D eigenvalue weighted by Gasteiger charge is 2.38. The van der Waals surface area contributed by atoms with Crippen LogP contribution in [0.5, 0.6) is 11.5 Å². The number of amides is 1. The first kappa shape index (κ1) is 28.5. The van der Waals surface area contributed by atoms with Gasteiger partial charge in [-0.25, -0.2) is 22.0 Å². The Morgan fingerprint density at radius 2 is 1.75 bits per heavy atom. The molecule has 11 nitrogen and oxygen atoms in total. The van der Waals surface area contributed by atoms with E-state index in [1.54, 1.807) is 0 Å². The van der Waals surface area contributed by atoms with Crippen molar-refractivity contribution < 1.29 is 44.6 Å². The predicted octanol–water partition coefficient (Wildman–Crippen LogP) is 5.21. The van der Waals surface area contributed by atoms with Crippen LogP contribution in [0.3, 0.4) is 0 Å². The second-order valence-corrected chi connectivity index (χ2v) is 9.95. The second-order valence-electron chi connectivity index (χ2n) is 7.94. The Morgan fingerprint density at radius 1 is 1.02 bits per heavy atom. The number of alkyl halides is 3. The molecule has 0 fully saturated rings. The van der Waals surface area contributed by atoms with Gasteiger partial charge in [-0.15, -0.1) is 10.2 Å². The van der Waals surface area contributed by atoms with E-state index in [4.69, 9.17) is 9.47 Å². The average Bonchev–Trinajstić information content (AvgIpc) is 3.31. The van der Waals surface area contributed by atoms with Gasteiger partial charge in [0.1, 0.15) is 11.6 Å². The van der Waals surface area contributed by atoms with Crippen molar-refractivity contribution in [2.75, 3.05) is 22.4 Å². The molecule has 0 atom stereocenters. The van der Waals surface area contributed by atoms with Crippen molar-refractivity contribution in [1.82, 2.24) is 19.8 Å². The minimum Gasteiger partial charge on any atom is -0.454 e. The number of nitrogens with zero attached hydrogens (tertiary/aromatic N) is 4. The molecular formula is C23H19F5N6O5S. The fourth-order valence-electron chi connectivity index (χ4n) is 3.37. The smallest absolute Gasteiger partial charge is 0.453 e. The van der Waals surface area contributed by atoms with E-state index in [0.29, 0.717) is 10.6 Å². The van der Waals surface area contributed by atoms with Gasteiger partial charge >= 0.3 is 12.3 Å². The Bertz CT molecular complexity index is 1690. The van der Waals surface area contributed by atoms with E-state index < -0.39 is 51.1 Å². The molecule has 0 spiro atoms. The highest BCUT2D eigenvalue weighted by atomic mass is 32.2. The number of sulfonamides is 1. The molecule has 17 heteroatoms. The van der Waals surface area contributed by atoms with Crippen LogP contribution < -0.4 is 14.8 Å². The van der Waals surface area contributed by atoms with Crippen LogP contribution in [0.4, 0.5) is 38.1 Å². The fourth-order valence-corrected chi connectivity index (χ4v) is 4.00. The number of hydrogen-bond acceptors (Lipinski definition) is 8. The first-order valence-electron chi connectivity index (χ1n) is 11.4. The van der Waals surface area contributed by atoms with Gasteiger partial charge in [0.15, 0.2) is 11.6 Å². The van der Waals surface area contributed by atoms with Gasteiger partial charge in [0.2, 0.25) is 15.7 Å². The summed E-state index contributed by atoms with van der Waals surface area (Å²) in [7, 11) is -3.80. The average molecular weight is 586 g/mol. The monoisotopic (exact) mass is 586 g/mol. The van der Waals surface area contributed by atoms with Gasteiger partial charge in [0, 0.05) is 17.3 Å². The molecule has 0 aliphatic carbocycles. The van der Waals surface area contributed by atoms with Crippen molar-refractivity contribution >= 4 is 33.1 Å². The summed E-state index contributed by atoms with van der Waals surface area (Å²) in [6.45, 7) is 2.83. The van der Waals surface area contributed by atoms with Crippen molar-refractivity contribution in [3.8, 4) is 22.8 Å². The Labute approximate surface area is 223 Å². The third-order valence-electron chi connectivity index (χ3n) is 5.16. The van der Waals surface area contributed by atoms with Crippen molar-refractivity contribution in [1.29, 1.82) is 0 Å². The molecule has 4 aromatic rings. The van der Waals surface area contributed by atoms with Crippen LogP contribution in [0, 0.1) is 11.6 Å². The lowest BCUT2D eigenvalue weighted by Crippen LogP contribution is -2.17. The van der Waals surface area contributed by atoms with E-state index in [-0.39, 0.29) is 40.7 Å². The summed E-state index contributed by atoms with van der Waals surface area (Å²) in [5.41, 5.74) is -1.27. The van der Waals surface area contributed by atoms with Gasteiger partial charge in [-0.3, -0.25) is 10.0 Å². The van der Waals surface area contributed by atoms with E-state index in [9.17, 15) is 35.2 Å². The SMILES string of the molecule is CCOC(=O)Nc1cc(-c2cc(NS(=O)(=O)CC)ccc2Oc2ccc(F)cc2F)nn2c(C(F)(F)F)nnc12. The maximum atomic E-state index is 14.4. The normalized spacial score (nSPS) is 11.9. The van der Waals surface area contributed by atoms with Crippen molar-refractivity contribution in [2.24, 2.45) is 0 Å². The molecule has 0 unspecified atom stereocenters. The molecule has 2 heterocycles. The summed E-state index contributed by atoms with van der Waals surface area (Å²) in [5.74, 6) is -4.46. The number of hydrogen-bond donors (Lipinski definition) is 2. The molecule has 2 aromatic heterocycles. The van der Waals surface area contributed by atoms with Gasteiger partial charge in [-0.2, -0.15) is 22.8 Å². The Balaban J connectivity index is 1.95. The zero-order valence-electron chi connectivity index (χ0n) is 20.6.